The summed E-state index contributed by atoms with van der Waals surface area (Å²) in [5.41, 5.74) is 6.16. The number of nitrogens with two attached hydrogens (primary N) is 1. The quantitative estimate of drug-likeness (QED) is 0.0282. The fourth-order valence-corrected chi connectivity index (χ4v) is 8.50. The number of nitrogens with zero attached hydrogens (tertiary/aromatic N) is 5. The summed E-state index contributed by atoms with van der Waals surface area (Å²) in [6.45, 7) is 4.74. The van der Waals surface area contributed by atoms with Crippen molar-refractivity contribution < 1.29 is 38.2 Å². The molecule has 1 unspecified atom stereocenters. The fourth-order valence-electron chi connectivity index (χ4n) is 7.45. The molecule has 5 N–H and O–H groups in total. The van der Waals surface area contributed by atoms with Gasteiger partial charge in [-0.2, -0.15) is 10.4 Å². The van der Waals surface area contributed by atoms with Crippen molar-refractivity contribution >= 4 is 37.5 Å². The van der Waals surface area contributed by atoms with Crippen LogP contribution < -0.4 is 5.73 Å². The van der Waals surface area contributed by atoms with Crippen LogP contribution in [0.2, 0.25) is 5.02 Å². The van der Waals surface area contributed by atoms with Crippen molar-refractivity contribution in [3.05, 3.63) is 58.5 Å². The predicted molar refractivity (Wildman–Crippen MR) is 226 cm³/mol. The number of aliphatic hydroxyl groups excluding tert-OH is 2. The summed E-state index contributed by atoms with van der Waals surface area (Å²) in [6.07, 6.45) is 18.5. The Morgan fingerprint density at radius 2 is 1.62 bits per heavy atom. The summed E-state index contributed by atoms with van der Waals surface area (Å²) in [6, 6.07) is 10.4. The standard InChI is InChI=1S/C42H64ClN6O8P/c1-3-4-5-6-7-8-9-10-11-12-13-14-15-16-17-18-19-20-34(54-27-32-21-22-33(26-44)35(43)25-32)28-55-58(52,53)56-30-42(29-46-2)40(51)38(50)39(57-42)36-23-24-37-41(45)47-31-48-49(36)37/h21-25,31,34,38-40,50-51H,2-20,27-30H2,1H3,(H,52,53)(H2,45,47,48)/t34-,38+,39+,40+,42-/m1/s1. The van der Waals surface area contributed by atoms with Crippen LogP contribution in [-0.2, 0) is 29.7 Å². The van der Waals surface area contributed by atoms with E-state index in [1.807, 2.05) is 6.07 Å². The van der Waals surface area contributed by atoms with Crippen molar-refractivity contribution in [3.8, 4) is 6.07 Å². The highest BCUT2D eigenvalue weighted by atomic mass is 35.5. The van der Waals surface area contributed by atoms with Gasteiger partial charge >= 0.3 is 7.82 Å². The van der Waals surface area contributed by atoms with E-state index in [2.05, 4.69) is 28.7 Å². The Hall–Kier alpha value is -2.96. The van der Waals surface area contributed by atoms with E-state index in [9.17, 15) is 24.9 Å². The normalized spacial score (nSPS) is 20.9. The first-order valence-electron chi connectivity index (χ1n) is 21.0. The minimum atomic E-state index is -4.74. The van der Waals surface area contributed by atoms with Crippen molar-refractivity contribution in [2.45, 2.75) is 159 Å². The van der Waals surface area contributed by atoms with E-state index >= 15 is 0 Å². The van der Waals surface area contributed by atoms with Crippen LogP contribution in [0, 0.1) is 11.3 Å². The lowest BCUT2D eigenvalue weighted by Crippen LogP contribution is -2.49. The van der Waals surface area contributed by atoms with Crippen LogP contribution in [0.4, 0.5) is 5.82 Å². The van der Waals surface area contributed by atoms with E-state index < -0.39 is 44.4 Å². The first-order chi connectivity index (χ1) is 28.0. The number of hydrogen-bond donors (Lipinski definition) is 4. The molecule has 1 aliphatic heterocycles. The van der Waals surface area contributed by atoms with Crippen molar-refractivity contribution in [2.24, 2.45) is 4.99 Å². The minimum Gasteiger partial charge on any atom is -0.387 e. The van der Waals surface area contributed by atoms with Gasteiger partial charge in [-0.25, -0.2) is 14.1 Å². The largest absolute Gasteiger partial charge is 0.472 e. The van der Waals surface area contributed by atoms with E-state index in [-0.39, 0.29) is 25.6 Å². The van der Waals surface area contributed by atoms with E-state index in [0.717, 1.165) is 31.2 Å². The number of anilines is 1. The van der Waals surface area contributed by atoms with Gasteiger partial charge in [0.15, 0.2) is 5.82 Å². The molecule has 0 aliphatic carbocycles. The van der Waals surface area contributed by atoms with Crippen LogP contribution in [0.25, 0.3) is 5.52 Å². The number of halogens is 1. The number of phosphoric ester groups is 1. The molecule has 1 fully saturated rings. The van der Waals surface area contributed by atoms with Crippen molar-refractivity contribution in [3.63, 3.8) is 0 Å². The molecule has 1 aromatic carbocycles. The molecular weight excluding hydrogens is 783 g/mol. The highest BCUT2D eigenvalue weighted by Crippen LogP contribution is 2.48. The van der Waals surface area contributed by atoms with Crippen LogP contribution in [-0.4, -0.2) is 80.1 Å². The number of rotatable bonds is 30. The zero-order valence-corrected chi connectivity index (χ0v) is 35.7. The second-order valence-electron chi connectivity index (χ2n) is 15.5. The maximum Gasteiger partial charge on any atom is 0.472 e. The molecule has 0 bridgehead atoms. The van der Waals surface area contributed by atoms with Crippen molar-refractivity contribution in [2.75, 3.05) is 25.5 Å². The third kappa shape index (κ3) is 14.6. The molecule has 2 aromatic heterocycles. The third-order valence-corrected chi connectivity index (χ3v) is 12.1. The van der Waals surface area contributed by atoms with Crippen molar-refractivity contribution in [1.29, 1.82) is 5.26 Å². The Labute approximate surface area is 348 Å². The van der Waals surface area contributed by atoms with Gasteiger partial charge in [0.2, 0.25) is 0 Å². The molecular formula is C42H64ClN6O8P. The monoisotopic (exact) mass is 846 g/mol. The van der Waals surface area contributed by atoms with Gasteiger partial charge in [0, 0.05) is 0 Å². The lowest BCUT2D eigenvalue weighted by Gasteiger charge is -2.30. The molecule has 14 nitrogen and oxygen atoms in total. The zero-order valence-electron chi connectivity index (χ0n) is 34.1. The summed E-state index contributed by atoms with van der Waals surface area (Å²) < 4.78 is 37.9. The number of benzene rings is 1. The topological polar surface area (TPSA) is 207 Å². The summed E-state index contributed by atoms with van der Waals surface area (Å²) in [7, 11) is -4.74. The first kappa shape index (κ1) is 47.7. The molecule has 0 radical (unpaired) electrons. The number of phosphoric acid groups is 1. The first-order valence-corrected chi connectivity index (χ1v) is 22.9. The number of aliphatic imine (C=N–C) groups is 1. The number of aliphatic hydroxyl groups is 2. The number of ether oxygens (including phenoxy) is 2. The number of nitrogen functional groups attached to an aromatic ring is 1. The van der Waals surface area contributed by atoms with Gasteiger partial charge in [-0.15, -0.1) is 0 Å². The van der Waals surface area contributed by atoms with Crippen LogP contribution in [0.15, 0.2) is 41.7 Å². The van der Waals surface area contributed by atoms with Gasteiger partial charge in [-0.1, -0.05) is 134 Å². The molecule has 0 saturated carbocycles. The average molecular weight is 847 g/mol. The van der Waals surface area contributed by atoms with Crippen LogP contribution in [0.5, 0.6) is 0 Å². The molecule has 58 heavy (non-hydrogen) atoms. The number of aromatic nitrogens is 3. The van der Waals surface area contributed by atoms with Crippen molar-refractivity contribution in [1.82, 2.24) is 14.6 Å². The Morgan fingerprint density at radius 3 is 2.21 bits per heavy atom. The Morgan fingerprint density at radius 1 is 1.00 bits per heavy atom. The molecule has 4 rings (SSSR count). The van der Waals surface area contributed by atoms with E-state index in [1.54, 1.807) is 30.3 Å². The molecule has 0 spiro atoms. The van der Waals surface area contributed by atoms with E-state index in [1.165, 1.54) is 94.3 Å². The van der Waals surface area contributed by atoms with E-state index in [4.69, 9.17) is 35.9 Å². The maximum absolute atomic E-state index is 13.3. The lowest BCUT2D eigenvalue weighted by atomic mass is 9.95. The highest BCUT2D eigenvalue weighted by molar-refractivity contribution is 7.47. The smallest absolute Gasteiger partial charge is 0.387 e. The molecule has 1 saturated heterocycles. The molecule has 3 aromatic rings. The number of unbranched alkanes of at least 4 members (excludes halogenated alkanes) is 16. The molecule has 3 heterocycles. The van der Waals surface area contributed by atoms with Gasteiger partial charge < -0.3 is 30.3 Å². The van der Waals surface area contributed by atoms with Gasteiger partial charge in [-0.05, 0) is 43.0 Å². The summed E-state index contributed by atoms with van der Waals surface area (Å²) in [4.78, 5) is 18.6. The highest BCUT2D eigenvalue weighted by Gasteiger charge is 2.56. The third-order valence-electron chi connectivity index (χ3n) is 10.9. The van der Waals surface area contributed by atoms with Crippen LogP contribution in [0.3, 0.4) is 0 Å². The Bertz CT molecular complexity index is 1780. The van der Waals surface area contributed by atoms with Gasteiger partial charge in [0.25, 0.3) is 0 Å². The van der Waals surface area contributed by atoms with E-state index in [0.29, 0.717) is 28.2 Å². The lowest BCUT2D eigenvalue weighted by molar-refractivity contribution is -0.106. The molecule has 6 atom stereocenters. The van der Waals surface area contributed by atoms with Gasteiger partial charge in [0.05, 0.1) is 48.7 Å². The maximum atomic E-state index is 13.3. The minimum absolute atomic E-state index is 0.146. The van der Waals surface area contributed by atoms with Gasteiger partial charge in [0.1, 0.15) is 41.8 Å². The second kappa shape index (κ2) is 25.0. The van der Waals surface area contributed by atoms with Gasteiger partial charge in [-0.3, -0.25) is 14.0 Å². The molecule has 0 amide bonds. The Kier molecular flexibility index (Phi) is 20.5. The zero-order chi connectivity index (χ0) is 41.8. The molecule has 322 valence electrons. The summed E-state index contributed by atoms with van der Waals surface area (Å²) >= 11 is 6.24. The molecule has 1 aliphatic rings. The Balaban J connectivity index is 1.24. The molecule has 16 heteroatoms. The second-order valence-corrected chi connectivity index (χ2v) is 17.3. The number of hydrogen-bond acceptors (Lipinski definition) is 12. The fraction of sp³-hybridized carbons (Fsp3) is 0.667. The average Bonchev–Trinajstić information content (AvgIpc) is 3.75. The number of nitriles is 1. The SMILES string of the molecule is C=NC[C@]1(COP(=O)(O)OC[C@@H](CCCCCCCCCCCCCCCCCCC)OCc2ccc(C#N)c(Cl)c2)O[C@@H](c2ccc3c(N)ncnn23)[C@H](O)[C@@H]1O. The predicted octanol–water partition coefficient (Wildman–Crippen LogP) is 8.83. The summed E-state index contributed by atoms with van der Waals surface area (Å²) in [5.74, 6) is 0.211. The number of fused-ring (bicyclic) bond motifs is 1. The summed E-state index contributed by atoms with van der Waals surface area (Å²) in [5, 5.41) is 36.0. The van der Waals surface area contributed by atoms with Crippen LogP contribution in [0.1, 0.15) is 145 Å². The van der Waals surface area contributed by atoms with Crippen LogP contribution >= 0.6 is 19.4 Å².